The van der Waals surface area contributed by atoms with Crippen molar-refractivity contribution in [3.05, 3.63) is 0 Å². The van der Waals surface area contributed by atoms with Gasteiger partial charge in [0, 0.05) is 12.8 Å². The third kappa shape index (κ3) is 15.7. The second kappa shape index (κ2) is 16.7. The van der Waals surface area contributed by atoms with Crippen LogP contribution in [0.2, 0.25) is 0 Å². The Morgan fingerprint density at radius 2 is 0.864 bits per heavy atom. The standard InChI is InChI=1S/C20H38O2/c1-3-5-7-8-9-10-11-12-13-14-15-17-20(22)18-19(21)16-6-4-2/h3-18H2,1-2H3. The van der Waals surface area contributed by atoms with Gasteiger partial charge in [0.2, 0.25) is 0 Å². The Balaban J connectivity index is 3.25. The van der Waals surface area contributed by atoms with Crippen molar-refractivity contribution in [1.82, 2.24) is 0 Å². The van der Waals surface area contributed by atoms with E-state index in [0.29, 0.717) is 12.8 Å². The predicted molar refractivity (Wildman–Crippen MR) is 95.2 cm³/mol. The summed E-state index contributed by atoms with van der Waals surface area (Å²) < 4.78 is 0. The zero-order valence-electron chi connectivity index (χ0n) is 15.1. The number of Topliss-reactive ketones (excluding diaryl/α,β-unsaturated/α-hetero) is 2. The molecular formula is C20H38O2. The number of unbranched alkanes of at least 4 members (excludes halogenated alkanes) is 11. The lowest BCUT2D eigenvalue weighted by atomic mass is 10.0. The van der Waals surface area contributed by atoms with E-state index >= 15 is 0 Å². The van der Waals surface area contributed by atoms with Gasteiger partial charge in [-0.25, -0.2) is 0 Å². The van der Waals surface area contributed by atoms with E-state index in [4.69, 9.17) is 0 Å². The highest BCUT2D eigenvalue weighted by molar-refractivity contribution is 5.98. The topological polar surface area (TPSA) is 34.1 Å². The van der Waals surface area contributed by atoms with Crippen LogP contribution in [-0.2, 0) is 9.59 Å². The Morgan fingerprint density at radius 1 is 0.500 bits per heavy atom. The minimum absolute atomic E-state index is 0.134. The highest BCUT2D eigenvalue weighted by Gasteiger charge is 2.08. The van der Waals surface area contributed by atoms with Gasteiger partial charge in [0.15, 0.2) is 0 Å². The van der Waals surface area contributed by atoms with Crippen molar-refractivity contribution in [3.63, 3.8) is 0 Å². The van der Waals surface area contributed by atoms with E-state index in [1.807, 2.05) is 0 Å². The van der Waals surface area contributed by atoms with Crippen molar-refractivity contribution in [1.29, 1.82) is 0 Å². The molecule has 0 fully saturated rings. The third-order valence-corrected chi connectivity index (χ3v) is 4.26. The average molecular weight is 311 g/mol. The maximum Gasteiger partial charge on any atom is 0.140 e. The van der Waals surface area contributed by atoms with Crippen molar-refractivity contribution in [3.8, 4) is 0 Å². The van der Waals surface area contributed by atoms with Gasteiger partial charge in [-0.3, -0.25) is 9.59 Å². The molecule has 0 saturated carbocycles. The van der Waals surface area contributed by atoms with Crippen molar-refractivity contribution < 1.29 is 9.59 Å². The van der Waals surface area contributed by atoms with Gasteiger partial charge >= 0.3 is 0 Å². The normalized spacial score (nSPS) is 10.8. The van der Waals surface area contributed by atoms with Crippen molar-refractivity contribution in [2.45, 2.75) is 117 Å². The van der Waals surface area contributed by atoms with Crippen LogP contribution in [0.5, 0.6) is 0 Å². The number of carbonyl (C=O) groups excluding carboxylic acids is 2. The van der Waals surface area contributed by atoms with Gasteiger partial charge in [0.05, 0.1) is 6.42 Å². The number of carbonyl (C=O) groups is 2. The van der Waals surface area contributed by atoms with Crippen LogP contribution in [0.25, 0.3) is 0 Å². The Kier molecular flexibility index (Phi) is 16.2. The Hall–Kier alpha value is -0.660. The lowest BCUT2D eigenvalue weighted by molar-refractivity contribution is -0.127. The Morgan fingerprint density at radius 3 is 1.32 bits per heavy atom. The first kappa shape index (κ1) is 21.3. The van der Waals surface area contributed by atoms with E-state index in [0.717, 1.165) is 25.7 Å². The number of hydrogen-bond acceptors (Lipinski definition) is 2. The molecule has 0 aromatic heterocycles. The number of ketones is 2. The molecule has 0 spiro atoms. The zero-order valence-corrected chi connectivity index (χ0v) is 15.1. The van der Waals surface area contributed by atoms with E-state index in [1.54, 1.807) is 0 Å². The predicted octanol–water partition coefficient (Wildman–Crippen LogP) is 6.41. The Bertz CT molecular complexity index is 271. The van der Waals surface area contributed by atoms with Gasteiger partial charge in [0.1, 0.15) is 11.6 Å². The average Bonchev–Trinajstić information content (AvgIpc) is 2.50. The molecule has 0 amide bonds. The summed E-state index contributed by atoms with van der Waals surface area (Å²) in [5.41, 5.74) is 0. The lowest BCUT2D eigenvalue weighted by Crippen LogP contribution is -2.07. The van der Waals surface area contributed by atoms with Crippen LogP contribution in [0.3, 0.4) is 0 Å². The summed E-state index contributed by atoms with van der Waals surface area (Å²) in [6.07, 6.45) is 17.6. The molecule has 0 radical (unpaired) electrons. The first-order chi connectivity index (χ1) is 10.7. The summed E-state index contributed by atoms with van der Waals surface area (Å²) in [5, 5.41) is 0. The van der Waals surface area contributed by atoms with Crippen LogP contribution in [0.15, 0.2) is 0 Å². The molecule has 0 unspecified atom stereocenters. The van der Waals surface area contributed by atoms with E-state index < -0.39 is 0 Å². The van der Waals surface area contributed by atoms with E-state index in [1.165, 1.54) is 57.8 Å². The Labute approximate surface area is 138 Å². The van der Waals surface area contributed by atoms with Crippen LogP contribution < -0.4 is 0 Å². The van der Waals surface area contributed by atoms with E-state index in [2.05, 4.69) is 13.8 Å². The molecule has 0 rings (SSSR count). The summed E-state index contributed by atoms with van der Waals surface area (Å²) in [7, 11) is 0. The molecule has 130 valence electrons. The van der Waals surface area contributed by atoms with Gasteiger partial charge in [-0.1, -0.05) is 84.5 Å². The highest BCUT2D eigenvalue weighted by atomic mass is 16.1. The fourth-order valence-electron chi connectivity index (χ4n) is 2.76. The molecule has 0 aromatic rings. The number of hydrogen-bond donors (Lipinski definition) is 0. The molecule has 2 nitrogen and oxygen atoms in total. The largest absolute Gasteiger partial charge is 0.299 e. The fraction of sp³-hybridized carbons (Fsp3) is 0.900. The summed E-state index contributed by atoms with van der Waals surface area (Å²) in [6.45, 7) is 4.33. The summed E-state index contributed by atoms with van der Waals surface area (Å²) in [6, 6.07) is 0. The summed E-state index contributed by atoms with van der Waals surface area (Å²) in [5.74, 6) is 0.284. The maximum absolute atomic E-state index is 11.7. The quantitative estimate of drug-likeness (QED) is 0.230. The SMILES string of the molecule is CCCCCCCCCCCCCC(=O)CC(=O)CCCC. The molecule has 0 aliphatic heterocycles. The molecule has 0 heterocycles. The minimum atomic E-state index is 0.134. The lowest BCUT2D eigenvalue weighted by Gasteiger charge is -2.03. The second-order valence-corrected chi connectivity index (χ2v) is 6.64. The molecule has 2 heteroatoms. The number of rotatable bonds is 17. The van der Waals surface area contributed by atoms with Crippen LogP contribution >= 0.6 is 0 Å². The molecule has 0 saturated heterocycles. The molecular weight excluding hydrogens is 272 g/mol. The van der Waals surface area contributed by atoms with E-state index in [-0.39, 0.29) is 18.0 Å². The van der Waals surface area contributed by atoms with Crippen molar-refractivity contribution in [2.24, 2.45) is 0 Å². The third-order valence-electron chi connectivity index (χ3n) is 4.26. The minimum Gasteiger partial charge on any atom is -0.299 e. The molecule has 0 N–H and O–H groups in total. The van der Waals surface area contributed by atoms with Gasteiger partial charge in [-0.15, -0.1) is 0 Å². The molecule has 22 heavy (non-hydrogen) atoms. The van der Waals surface area contributed by atoms with Crippen LogP contribution in [0.4, 0.5) is 0 Å². The first-order valence-electron chi connectivity index (χ1n) is 9.74. The molecule has 0 aliphatic carbocycles. The van der Waals surface area contributed by atoms with E-state index in [9.17, 15) is 9.59 Å². The van der Waals surface area contributed by atoms with Gasteiger partial charge in [0.25, 0.3) is 0 Å². The van der Waals surface area contributed by atoms with Gasteiger partial charge in [-0.05, 0) is 12.8 Å². The fourth-order valence-corrected chi connectivity index (χ4v) is 2.76. The molecule has 0 bridgehead atoms. The monoisotopic (exact) mass is 310 g/mol. The smallest absolute Gasteiger partial charge is 0.140 e. The van der Waals surface area contributed by atoms with Crippen LogP contribution in [-0.4, -0.2) is 11.6 Å². The van der Waals surface area contributed by atoms with Crippen LogP contribution in [0.1, 0.15) is 117 Å². The first-order valence-corrected chi connectivity index (χ1v) is 9.74. The van der Waals surface area contributed by atoms with Crippen molar-refractivity contribution >= 4 is 11.6 Å². The maximum atomic E-state index is 11.7. The zero-order chi connectivity index (χ0) is 16.5. The second-order valence-electron chi connectivity index (χ2n) is 6.64. The van der Waals surface area contributed by atoms with Crippen molar-refractivity contribution in [2.75, 3.05) is 0 Å². The highest BCUT2D eigenvalue weighted by Crippen LogP contribution is 2.12. The molecule has 0 aromatic carbocycles. The summed E-state index contributed by atoms with van der Waals surface area (Å²) in [4.78, 5) is 23.1. The van der Waals surface area contributed by atoms with Gasteiger partial charge in [-0.2, -0.15) is 0 Å². The molecule has 0 atom stereocenters. The van der Waals surface area contributed by atoms with Gasteiger partial charge < -0.3 is 0 Å². The summed E-state index contributed by atoms with van der Waals surface area (Å²) >= 11 is 0. The molecule has 0 aliphatic rings. The van der Waals surface area contributed by atoms with Crippen LogP contribution in [0, 0.1) is 0 Å².